The third-order valence-electron chi connectivity index (χ3n) is 4.68. The van der Waals surface area contributed by atoms with Crippen molar-refractivity contribution in [2.45, 2.75) is 25.8 Å². The summed E-state index contributed by atoms with van der Waals surface area (Å²) in [4.78, 5) is 18.6. The lowest BCUT2D eigenvalue weighted by molar-refractivity contribution is -0.128. The summed E-state index contributed by atoms with van der Waals surface area (Å²) in [5.74, 6) is 0.411. The van der Waals surface area contributed by atoms with Gasteiger partial charge in [0, 0.05) is 25.1 Å². The molecule has 7 heteroatoms. The molecule has 0 spiro atoms. The Labute approximate surface area is 164 Å². The monoisotopic (exact) mass is 429 g/mol. The predicted molar refractivity (Wildman–Crippen MR) is 101 cm³/mol. The lowest BCUT2D eigenvalue weighted by Gasteiger charge is -2.16. The van der Waals surface area contributed by atoms with Crippen LogP contribution in [0.3, 0.4) is 0 Å². The summed E-state index contributed by atoms with van der Waals surface area (Å²) < 4.78 is 19.1. The van der Waals surface area contributed by atoms with E-state index in [9.17, 15) is 9.18 Å². The van der Waals surface area contributed by atoms with E-state index in [0.29, 0.717) is 41.3 Å². The van der Waals surface area contributed by atoms with Crippen molar-refractivity contribution in [3.8, 4) is 11.4 Å². The van der Waals surface area contributed by atoms with Crippen LogP contribution in [0.25, 0.3) is 11.4 Å². The molecule has 2 heterocycles. The highest BCUT2D eigenvalue weighted by Crippen LogP contribution is 2.30. The minimum Gasteiger partial charge on any atom is -0.339 e. The third kappa shape index (κ3) is 3.78. The zero-order valence-corrected chi connectivity index (χ0v) is 16.2. The highest BCUT2D eigenvalue weighted by Gasteiger charge is 2.34. The van der Waals surface area contributed by atoms with Gasteiger partial charge in [-0.05, 0) is 46.6 Å². The smallest absolute Gasteiger partial charge is 0.232 e. The average Bonchev–Trinajstić information content (AvgIpc) is 3.27. The van der Waals surface area contributed by atoms with Crippen LogP contribution in [0.15, 0.2) is 51.5 Å². The van der Waals surface area contributed by atoms with Crippen molar-refractivity contribution in [1.29, 1.82) is 0 Å². The molecule has 0 saturated carbocycles. The Morgan fingerprint density at radius 1 is 1.26 bits per heavy atom. The van der Waals surface area contributed by atoms with Crippen LogP contribution >= 0.6 is 15.9 Å². The van der Waals surface area contributed by atoms with Crippen LogP contribution in [-0.2, 0) is 11.3 Å². The molecule has 3 aromatic rings. The predicted octanol–water partition coefficient (Wildman–Crippen LogP) is 4.46. The minimum atomic E-state index is -0.351. The molecule has 0 aliphatic carbocycles. The number of rotatable bonds is 4. The fourth-order valence-electron chi connectivity index (χ4n) is 3.16. The van der Waals surface area contributed by atoms with E-state index in [1.165, 1.54) is 11.6 Å². The summed E-state index contributed by atoms with van der Waals surface area (Å²) in [6.45, 7) is 3.15. The van der Waals surface area contributed by atoms with Crippen molar-refractivity contribution in [1.82, 2.24) is 15.0 Å². The zero-order chi connectivity index (χ0) is 19.0. The molecule has 1 aliphatic rings. The average molecular weight is 430 g/mol. The van der Waals surface area contributed by atoms with E-state index in [4.69, 9.17) is 4.52 Å². The van der Waals surface area contributed by atoms with Gasteiger partial charge in [-0.3, -0.25) is 4.79 Å². The second-order valence-electron chi connectivity index (χ2n) is 6.75. The number of aromatic nitrogens is 2. The molecule has 1 aliphatic heterocycles. The van der Waals surface area contributed by atoms with Crippen molar-refractivity contribution in [2.75, 3.05) is 6.54 Å². The van der Waals surface area contributed by atoms with Gasteiger partial charge in [-0.2, -0.15) is 4.98 Å². The van der Waals surface area contributed by atoms with E-state index in [1.54, 1.807) is 12.1 Å². The second kappa shape index (κ2) is 7.23. The van der Waals surface area contributed by atoms with Gasteiger partial charge in [0.25, 0.3) is 0 Å². The second-order valence-corrected chi connectivity index (χ2v) is 7.60. The fourth-order valence-corrected chi connectivity index (χ4v) is 3.54. The lowest BCUT2D eigenvalue weighted by Crippen LogP contribution is -2.24. The molecule has 138 valence electrons. The number of likely N-dealkylation sites (tertiary alicyclic amines) is 1. The number of benzene rings is 2. The SMILES string of the molecule is Cc1ccc(CN2CC(c3nc(-c4ccc(F)c(Br)c4)no3)CC2=O)cc1. The lowest BCUT2D eigenvalue weighted by atomic mass is 10.1. The maximum atomic E-state index is 13.4. The summed E-state index contributed by atoms with van der Waals surface area (Å²) >= 11 is 3.16. The Hall–Kier alpha value is -2.54. The summed E-state index contributed by atoms with van der Waals surface area (Å²) in [6.07, 6.45) is 0.348. The summed E-state index contributed by atoms with van der Waals surface area (Å²) in [5, 5.41) is 3.99. The Balaban J connectivity index is 1.48. The molecule has 1 fully saturated rings. The van der Waals surface area contributed by atoms with E-state index in [0.717, 1.165) is 5.56 Å². The van der Waals surface area contributed by atoms with Crippen LogP contribution in [0.4, 0.5) is 4.39 Å². The van der Waals surface area contributed by atoms with Gasteiger partial charge in [0.05, 0.1) is 10.4 Å². The largest absolute Gasteiger partial charge is 0.339 e. The number of halogens is 2. The van der Waals surface area contributed by atoms with E-state index in [1.807, 2.05) is 36.1 Å². The molecule has 0 bridgehead atoms. The Kier molecular flexibility index (Phi) is 4.78. The summed E-state index contributed by atoms with van der Waals surface area (Å²) in [5.41, 5.74) is 2.94. The van der Waals surface area contributed by atoms with Crippen molar-refractivity contribution >= 4 is 21.8 Å². The summed E-state index contributed by atoms with van der Waals surface area (Å²) in [6, 6.07) is 12.7. The van der Waals surface area contributed by atoms with Gasteiger partial charge < -0.3 is 9.42 Å². The van der Waals surface area contributed by atoms with Gasteiger partial charge in [0.15, 0.2) is 0 Å². The molecule has 2 aromatic carbocycles. The Morgan fingerprint density at radius 2 is 2.04 bits per heavy atom. The highest BCUT2D eigenvalue weighted by molar-refractivity contribution is 9.10. The summed E-state index contributed by atoms with van der Waals surface area (Å²) in [7, 11) is 0. The fraction of sp³-hybridized carbons (Fsp3) is 0.250. The van der Waals surface area contributed by atoms with Crippen LogP contribution < -0.4 is 0 Å². The van der Waals surface area contributed by atoms with Gasteiger partial charge in [-0.15, -0.1) is 0 Å². The molecular formula is C20H17BrFN3O2. The third-order valence-corrected chi connectivity index (χ3v) is 5.29. The number of hydrogen-bond donors (Lipinski definition) is 0. The van der Waals surface area contributed by atoms with Crippen LogP contribution in [0, 0.1) is 12.7 Å². The topological polar surface area (TPSA) is 59.2 Å². The van der Waals surface area contributed by atoms with Crippen molar-refractivity contribution < 1.29 is 13.7 Å². The van der Waals surface area contributed by atoms with Crippen LogP contribution in [0.1, 0.15) is 29.4 Å². The zero-order valence-electron chi connectivity index (χ0n) is 14.7. The molecule has 1 unspecified atom stereocenters. The maximum Gasteiger partial charge on any atom is 0.232 e. The van der Waals surface area contributed by atoms with Crippen molar-refractivity contribution in [2.24, 2.45) is 0 Å². The van der Waals surface area contributed by atoms with E-state index < -0.39 is 0 Å². The van der Waals surface area contributed by atoms with E-state index in [2.05, 4.69) is 26.1 Å². The molecule has 5 nitrogen and oxygen atoms in total. The minimum absolute atomic E-state index is 0.0739. The standard InChI is InChI=1S/C20H17BrFN3O2/c1-12-2-4-13(5-3-12)10-25-11-15(9-18(25)26)20-23-19(24-27-20)14-6-7-17(22)16(21)8-14/h2-8,15H,9-11H2,1H3. The first kappa shape index (κ1) is 17.9. The van der Waals surface area contributed by atoms with Gasteiger partial charge >= 0.3 is 0 Å². The maximum absolute atomic E-state index is 13.4. The van der Waals surface area contributed by atoms with Gasteiger partial charge in [-0.25, -0.2) is 4.39 Å². The molecule has 27 heavy (non-hydrogen) atoms. The quantitative estimate of drug-likeness (QED) is 0.613. The normalized spacial score (nSPS) is 16.9. The van der Waals surface area contributed by atoms with Gasteiger partial charge in [0.2, 0.25) is 17.6 Å². The molecule has 1 amide bonds. The van der Waals surface area contributed by atoms with Crippen molar-refractivity contribution in [3.63, 3.8) is 0 Å². The number of nitrogens with zero attached hydrogens (tertiary/aromatic N) is 3. The number of carbonyl (C=O) groups excluding carboxylic acids is 1. The Morgan fingerprint density at radius 3 is 2.78 bits per heavy atom. The van der Waals surface area contributed by atoms with E-state index >= 15 is 0 Å². The number of carbonyl (C=O) groups is 1. The van der Waals surface area contributed by atoms with Gasteiger partial charge in [0.1, 0.15) is 5.82 Å². The number of aryl methyl sites for hydroxylation is 1. The van der Waals surface area contributed by atoms with Gasteiger partial charge in [-0.1, -0.05) is 35.0 Å². The van der Waals surface area contributed by atoms with Crippen LogP contribution in [0.5, 0.6) is 0 Å². The number of hydrogen-bond acceptors (Lipinski definition) is 4. The first-order chi connectivity index (χ1) is 13.0. The molecule has 1 aromatic heterocycles. The molecular weight excluding hydrogens is 413 g/mol. The molecule has 1 saturated heterocycles. The molecule has 0 N–H and O–H groups in total. The highest BCUT2D eigenvalue weighted by atomic mass is 79.9. The molecule has 1 atom stereocenters. The molecule has 4 rings (SSSR count). The van der Waals surface area contributed by atoms with Crippen LogP contribution in [-0.4, -0.2) is 27.5 Å². The number of amides is 1. The Bertz CT molecular complexity index is 987. The van der Waals surface area contributed by atoms with E-state index in [-0.39, 0.29) is 17.6 Å². The first-order valence-electron chi connectivity index (χ1n) is 8.62. The first-order valence-corrected chi connectivity index (χ1v) is 9.41. The van der Waals surface area contributed by atoms with Crippen molar-refractivity contribution in [3.05, 3.63) is 69.8 Å². The molecule has 0 radical (unpaired) electrons. The van der Waals surface area contributed by atoms with Crippen LogP contribution in [0.2, 0.25) is 0 Å².